The van der Waals surface area contributed by atoms with Gasteiger partial charge in [0.2, 0.25) is 0 Å². The van der Waals surface area contributed by atoms with E-state index in [0.717, 1.165) is 11.1 Å². The second kappa shape index (κ2) is 4.93. The second-order valence-corrected chi connectivity index (χ2v) is 3.93. The third-order valence-electron chi connectivity index (χ3n) is 2.85. The Kier molecular flexibility index (Phi) is 3.35. The zero-order valence-electron chi connectivity index (χ0n) is 10.0. The van der Waals surface area contributed by atoms with Crippen LogP contribution in [0.3, 0.4) is 0 Å². The van der Waals surface area contributed by atoms with Gasteiger partial charge in [0, 0.05) is 24.2 Å². The highest BCUT2D eigenvalue weighted by Crippen LogP contribution is 2.26. The van der Waals surface area contributed by atoms with Crippen LogP contribution in [0.5, 0.6) is 0 Å². The standard InChI is InChI=1S/C13H16N4/c1-9-8-16-7-5-10(9)12(15-2)11-4-3-6-17-13(11)14/h3-8,12,15H,1-2H3,(H2,14,17). The molecule has 0 aliphatic rings. The molecule has 0 aromatic carbocycles. The monoisotopic (exact) mass is 228 g/mol. The number of aromatic nitrogens is 2. The summed E-state index contributed by atoms with van der Waals surface area (Å²) in [7, 11) is 1.91. The van der Waals surface area contributed by atoms with E-state index in [1.54, 1.807) is 12.4 Å². The topological polar surface area (TPSA) is 63.8 Å². The molecule has 0 amide bonds. The Morgan fingerprint density at radius 1 is 1.24 bits per heavy atom. The smallest absolute Gasteiger partial charge is 0.128 e. The van der Waals surface area contributed by atoms with Crippen molar-refractivity contribution in [2.24, 2.45) is 0 Å². The van der Waals surface area contributed by atoms with Crippen molar-refractivity contribution < 1.29 is 0 Å². The number of pyridine rings is 2. The lowest BCUT2D eigenvalue weighted by atomic mass is 9.97. The summed E-state index contributed by atoms with van der Waals surface area (Å²) in [6, 6.07) is 5.94. The lowest BCUT2D eigenvalue weighted by molar-refractivity contribution is 0.685. The molecular weight excluding hydrogens is 212 g/mol. The molecule has 0 saturated carbocycles. The van der Waals surface area contributed by atoms with Crippen molar-refractivity contribution in [1.82, 2.24) is 15.3 Å². The first-order valence-corrected chi connectivity index (χ1v) is 5.52. The number of aryl methyl sites for hydroxylation is 1. The van der Waals surface area contributed by atoms with Crippen LogP contribution < -0.4 is 11.1 Å². The summed E-state index contributed by atoms with van der Waals surface area (Å²) in [5.74, 6) is 0.558. The number of nitrogens with zero attached hydrogens (tertiary/aromatic N) is 2. The van der Waals surface area contributed by atoms with Crippen LogP contribution in [0.1, 0.15) is 22.7 Å². The van der Waals surface area contributed by atoms with Gasteiger partial charge in [-0.05, 0) is 37.2 Å². The zero-order chi connectivity index (χ0) is 12.3. The van der Waals surface area contributed by atoms with Crippen molar-refractivity contribution in [3.05, 3.63) is 53.5 Å². The molecule has 0 bridgehead atoms. The van der Waals surface area contributed by atoms with Gasteiger partial charge in [-0.15, -0.1) is 0 Å². The number of anilines is 1. The molecule has 0 aliphatic carbocycles. The van der Waals surface area contributed by atoms with Crippen LogP contribution in [0.4, 0.5) is 5.82 Å². The van der Waals surface area contributed by atoms with Gasteiger partial charge in [-0.2, -0.15) is 0 Å². The van der Waals surface area contributed by atoms with Gasteiger partial charge in [0.05, 0.1) is 6.04 Å². The molecular formula is C13H16N4. The molecule has 3 N–H and O–H groups in total. The molecule has 0 spiro atoms. The van der Waals surface area contributed by atoms with Crippen molar-refractivity contribution in [3.8, 4) is 0 Å². The Morgan fingerprint density at radius 2 is 2.06 bits per heavy atom. The second-order valence-electron chi connectivity index (χ2n) is 3.93. The van der Waals surface area contributed by atoms with Gasteiger partial charge in [-0.25, -0.2) is 4.98 Å². The van der Waals surface area contributed by atoms with E-state index in [-0.39, 0.29) is 6.04 Å². The summed E-state index contributed by atoms with van der Waals surface area (Å²) in [5.41, 5.74) is 9.21. The van der Waals surface area contributed by atoms with Gasteiger partial charge in [-0.1, -0.05) is 6.07 Å². The largest absolute Gasteiger partial charge is 0.383 e. The molecule has 88 valence electrons. The van der Waals surface area contributed by atoms with E-state index in [2.05, 4.69) is 15.3 Å². The predicted octanol–water partition coefficient (Wildman–Crippen LogP) is 1.68. The van der Waals surface area contributed by atoms with Crippen LogP contribution in [0.15, 0.2) is 36.8 Å². The van der Waals surface area contributed by atoms with Crippen LogP contribution in [-0.2, 0) is 0 Å². The lowest BCUT2D eigenvalue weighted by Gasteiger charge is -2.19. The molecule has 1 atom stereocenters. The molecule has 2 aromatic rings. The minimum Gasteiger partial charge on any atom is -0.383 e. The zero-order valence-corrected chi connectivity index (χ0v) is 10.0. The van der Waals surface area contributed by atoms with E-state index in [1.165, 1.54) is 5.56 Å². The van der Waals surface area contributed by atoms with E-state index < -0.39 is 0 Å². The van der Waals surface area contributed by atoms with Gasteiger partial charge < -0.3 is 11.1 Å². The number of rotatable bonds is 3. The first-order valence-electron chi connectivity index (χ1n) is 5.52. The summed E-state index contributed by atoms with van der Waals surface area (Å²) in [6.45, 7) is 2.04. The van der Waals surface area contributed by atoms with Crippen LogP contribution in [-0.4, -0.2) is 17.0 Å². The summed E-state index contributed by atoms with van der Waals surface area (Å²) in [5, 5.41) is 3.27. The van der Waals surface area contributed by atoms with Gasteiger partial charge in [-0.3, -0.25) is 4.98 Å². The molecule has 0 aliphatic heterocycles. The molecule has 17 heavy (non-hydrogen) atoms. The summed E-state index contributed by atoms with van der Waals surface area (Å²) in [4.78, 5) is 8.23. The molecule has 0 fully saturated rings. The SMILES string of the molecule is CNC(c1ccncc1C)c1cccnc1N. The first-order chi connectivity index (χ1) is 8.24. The van der Waals surface area contributed by atoms with Gasteiger partial charge in [0.15, 0.2) is 0 Å². The third kappa shape index (κ3) is 2.26. The minimum atomic E-state index is 0.0479. The Balaban J connectivity index is 2.48. The van der Waals surface area contributed by atoms with Crippen LogP contribution in [0, 0.1) is 6.92 Å². The Morgan fingerprint density at radius 3 is 2.71 bits per heavy atom. The maximum absolute atomic E-state index is 5.92. The molecule has 0 saturated heterocycles. The van der Waals surface area contributed by atoms with E-state index in [0.29, 0.717) is 5.82 Å². The highest BCUT2D eigenvalue weighted by Gasteiger charge is 2.16. The molecule has 0 radical (unpaired) electrons. The lowest BCUT2D eigenvalue weighted by Crippen LogP contribution is -2.20. The Hall–Kier alpha value is -1.94. The van der Waals surface area contributed by atoms with Gasteiger partial charge >= 0.3 is 0 Å². The van der Waals surface area contributed by atoms with Gasteiger partial charge in [0.25, 0.3) is 0 Å². The van der Waals surface area contributed by atoms with Crippen molar-refractivity contribution in [1.29, 1.82) is 0 Å². The van der Waals surface area contributed by atoms with Crippen LogP contribution in [0.2, 0.25) is 0 Å². The number of nitrogen functional groups attached to an aromatic ring is 1. The van der Waals surface area contributed by atoms with Crippen molar-refractivity contribution in [2.45, 2.75) is 13.0 Å². The average molecular weight is 228 g/mol. The van der Waals surface area contributed by atoms with Crippen molar-refractivity contribution in [3.63, 3.8) is 0 Å². The van der Waals surface area contributed by atoms with Crippen LogP contribution >= 0.6 is 0 Å². The molecule has 2 heterocycles. The highest BCUT2D eigenvalue weighted by molar-refractivity contribution is 5.46. The maximum Gasteiger partial charge on any atom is 0.128 e. The van der Waals surface area contributed by atoms with Gasteiger partial charge in [0.1, 0.15) is 5.82 Å². The number of nitrogens with one attached hydrogen (secondary N) is 1. The maximum atomic E-state index is 5.92. The van der Waals surface area contributed by atoms with E-state index in [1.807, 2.05) is 38.4 Å². The summed E-state index contributed by atoms with van der Waals surface area (Å²) in [6.07, 6.45) is 5.34. The fourth-order valence-electron chi connectivity index (χ4n) is 1.96. The van der Waals surface area contributed by atoms with Crippen molar-refractivity contribution in [2.75, 3.05) is 12.8 Å². The summed E-state index contributed by atoms with van der Waals surface area (Å²) >= 11 is 0. The molecule has 2 aromatic heterocycles. The summed E-state index contributed by atoms with van der Waals surface area (Å²) < 4.78 is 0. The molecule has 4 nitrogen and oxygen atoms in total. The van der Waals surface area contributed by atoms with Crippen LogP contribution in [0.25, 0.3) is 0 Å². The Bertz CT molecular complexity index is 465. The van der Waals surface area contributed by atoms with E-state index in [4.69, 9.17) is 5.73 Å². The van der Waals surface area contributed by atoms with E-state index >= 15 is 0 Å². The number of hydrogen-bond donors (Lipinski definition) is 2. The molecule has 4 heteroatoms. The fraction of sp³-hybridized carbons (Fsp3) is 0.231. The fourth-order valence-corrected chi connectivity index (χ4v) is 1.96. The first kappa shape index (κ1) is 11.5. The number of hydrogen-bond acceptors (Lipinski definition) is 4. The minimum absolute atomic E-state index is 0.0479. The Labute approximate surface area is 101 Å². The van der Waals surface area contributed by atoms with Crippen molar-refractivity contribution >= 4 is 5.82 Å². The normalized spacial score (nSPS) is 12.4. The van der Waals surface area contributed by atoms with E-state index in [9.17, 15) is 0 Å². The molecule has 2 rings (SSSR count). The number of nitrogens with two attached hydrogens (primary N) is 1. The third-order valence-corrected chi connectivity index (χ3v) is 2.85. The highest BCUT2D eigenvalue weighted by atomic mass is 14.9. The quantitative estimate of drug-likeness (QED) is 0.839. The average Bonchev–Trinajstić information content (AvgIpc) is 2.34. The molecule has 1 unspecified atom stereocenters. The predicted molar refractivity (Wildman–Crippen MR) is 68.5 cm³/mol.